The van der Waals surface area contributed by atoms with Crippen molar-refractivity contribution in [3.05, 3.63) is 96.1 Å². The fraction of sp³-hybridized carbons (Fsp3) is 0.395. The molecule has 3 fully saturated rings. The van der Waals surface area contributed by atoms with Crippen molar-refractivity contribution in [2.24, 2.45) is 0 Å². The number of carbonyl (C=O) groups excluding carboxylic acids is 1. The first kappa shape index (κ1) is 29.0. The normalized spacial score (nSPS) is 21.8. The van der Waals surface area contributed by atoms with Crippen LogP contribution in [0.1, 0.15) is 98.8 Å². The van der Waals surface area contributed by atoms with Gasteiger partial charge in [-0.2, -0.15) is 5.10 Å². The van der Waals surface area contributed by atoms with E-state index in [1.807, 2.05) is 57.4 Å². The van der Waals surface area contributed by atoms with E-state index in [4.69, 9.17) is 14.6 Å². The molecule has 4 heterocycles. The SMILES string of the molecule is CC(C)(C)OC(=O)c1ccc(-c2cnn(C3CC(N4CCCC4c4ccccc4C4CC4)C3)c2)cc1Oc1cnc2[nH]ccc2c1. The summed E-state index contributed by atoms with van der Waals surface area (Å²) in [5.74, 6) is 1.32. The first-order valence-electron chi connectivity index (χ1n) is 16.7. The standard InChI is InChI=1S/C38H41N5O3/c1-38(2,3)46-37(44)33-13-12-25(18-35(33)45-30-17-26-14-15-39-36(26)40-22-30)27-21-41-43(23-27)29-19-28(20-29)42-16-6-9-34(42)32-8-5-4-7-31(32)24-10-11-24/h4-5,7-8,12-15,17-18,21-24,28-29,34H,6,9-11,16,19-20H2,1-3H3,(H,39,40). The molecule has 2 aromatic carbocycles. The summed E-state index contributed by atoms with van der Waals surface area (Å²) in [4.78, 5) is 23.5. The molecule has 8 nitrogen and oxygen atoms in total. The lowest BCUT2D eigenvalue weighted by Crippen LogP contribution is -2.45. The van der Waals surface area contributed by atoms with Crippen molar-refractivity contribution in [3.8, 4) is 22.6 Å². The molecule has 46 heavy (non-hydrogen) atoms. The first-order chi connectivity index (χ1) is 22.3. The Morgan fingerprint density at radius 3 is 2.57 bits per heavy atom. The van der Waals surface area contributed by atoms with E-state index >= 15 is 0 Å². The zero-order valence-corrected chi connectivity index (χ0v) is 26.8. The van der Waals surface area contributed by atoms with Crippen LogP contribution in [0.25, 0.3) is 22.2 Å². The van der Waals surface area contributed by atoms with E-state index in [2.05, 4.69) is 50.0 Å². The van der Waals surface area contributed by atoms with Crippen molar-refractivity contribution in [1.29, 1.82) is 0 Å². The van der Waals surface area contributed by atoms with E-state index in [9.17, 15) is 4.79 Å². The number of ether oxygens (including phenoxy) is 2. The minimum absolute atomic E-state index is 0.366. The molecule has 0 spiro atoms. The second-order valence-corrected chi connectivity index (χ2v) is 14.2. The van der Waals surface area contributed by atoms with Crippen LogP contribution in [0.4, 0.5) is 0 Å². The van der Waals surface area contributed by atoms with Crippen molar-refractivity contribution in [3.63, 3.8) is 0 Å². The molecule has 1 saturated heterocycles. The maximum Gasteiger partial charge on any atom is 0.342 e. The van der Waals surface area contributed by atoms with Crippen LogP contribution in [0, 0.1) is 0 Å². The first-order valence-corrected chi connectivity index (χ1v) is 16.7. The number of benzene rings is 2. The predicted molar refractivity (Wildman–Crippen MR) is 178 cm³/mol. The highest BCUT2D eigenvalue weighted by Gasteiger charge is 2.41. The fourth-order valence-corrected chi connectivity index (χ4v) is 7.26. The van der Waals surface area contributed by atoms with Crippen molar-refractivity contribution in [2.45, 2.75) is 88.9 Å². The van der Waals surface area contributed by atoms with Crippen molar-refractivity contribution in [2.75, 3.05) is 6.54 Å². The summed E-state index contributed by atoms with van der Waals surface area (Å²) in [6.45, 7) is 6.77. The lowest BCUT2D eigenvalue weighted by Gasteiger charge is -2.44. The summed E-state index contributed by atoms with van der Waals surface area (Å²) in [5, 5.41) is 5.73. The number of aromatic amines is 1. The molecule has 1 atom stereocenters. The highest BCUT2D eigenvalue weighted by atomic mass is 16.6. The molecule has 2 aliphatic carbocycles. The predicted octanol–water partition coefficient (Wildman–Crippen LogP) is 8.59. The van der Waals surface area contributed by atoms with Crippen LogP contribution in [0.2, 0.25) is 0 Å². The maximum absolute atomic E-state index is 13.2. The average Bonchev–Trinajstić information content (AvgIpc) is 3.35. The smallest absolute Gasteiger partial charge is 0.342 e. The molecule has 1 unspecified atom stereocenters. The van der Waals surface area contributed by atoms with Gasteiger partial charge in [-0.25, -0.2) is 9.78 Å². The lowest BCUT2D eigenvalue weighted by molar-refractivity contribution is 0.00672. The summed E-state index contributed by atoms with van der Waals surface area (Å²) >= 11 is 0. The number of H-pyrrole nitrogens is 1. The van der Waals surface area contributed by atoms with E-state index in [-0.39, 0.29) is 0 Å². The van der Waals surface area contributed by atoms with Gasteiger partial charge >= 0.3 is 5.97 Å². The number of esters is 1. The van der Waals surface area contributed by atoms with E-state index in [1.165, 1.54) is 32.2 Å². The van der Waals surface area contributed by atoms with Gasteiger partial charge in [0, 0.05) is 35.4 Å². The van der Waals surface area contributed by atoms with Crippen LogP contribution in [-0.4, -0.2) is 48.8 Å². The number of likely N-dealkylation sites (tertiary alicyclic amines) is 1. The minimum Gasteiger partial charge on any atom is -0.456 e. The van der Waals surface area contributed by atoms with Gasteiger partial charge in [0.05, 0.1) is 18.4 Å². The number of hydrogen-bond donors (Lipinski definition) is 1. The topological polar surface area (TPSA) is 85.3 Å². The van der Waals surface area contributed by atoms with Crippen molar-refractivity contribution < 1.29 is 14.3 Å². The second-order valence-electron chi connectivity index (χ2n) is 14.2. The van der Waals surface area contributed by atoms with Crippen LogP contribution in [-0.2, 0) is 4.74 Å². The molecule has 5 aromatic rings. The molecule has 0 amide bonds. The van der Waals surface area contributed by atoms with E-state index in [0.717, 1.165) is 40.9 Å². The molecule has 8 heteroatoms. The van der Waals surface area contributed by atoms with Gasteiger partial charge in [-0.15, -0.1) is 0 Å². The number of hydrogen-bond acceptors (Lipinski definition) is 6. The zero-order chi connectivity index (χ0) is 31.4. The number of pyridine rings is 1. The molecule has 3 aromatic heterocycles. The third kappa shape index (κ3) is 5.71. The molecule has 2 saturated carbocycles. The largest absolute Gasteiger partial charge is 0.456 e. The summed E-state index contributed by atoms with van der Waals surface area (Å²) in [6, 6.07) is 20.2. The Morgan fingerprint density at radius 1 is 0.935 bits per heavy atom. The molecule has 1 aliphatic heterocycles. The van der Waals surface area contributed by atoms with E-state index < -0.39 is 11.6 Å². The van der Waals surface area contributed by atoms with Gasteiger partial charge in [-0.1, -0.05) is 30.3 Å². The molecule has 3 aliphatic rings. The Balaban J connectivity index is 1.00. The highest BCUT2D eigenvalue weighted by molar-refractivity contribution is 5.94. The van der Waals surface area contributed by atoms with E-state index in [0.29, 0.717) is 35.2 Å². The minimum atomic E-state index is -0.629. The highest BCUT2D eigenvalue weighted by Crippen LogP contribution is 2.48. The Morgan fingerprint density at radius 2 is 1.76 bits per heavy atom. The number of rotatable bonds is 8. The molecule has 0 bridgehead atoms. The second kappa shape index (κ2) is 11.4. The third-order valence-corrected chi connectivity index (χ3v) is 9.74. The van der Waals surface area contributed by atoms with E-state index in [1.54, 1.807) is 23.4 Å². The number of fused-ring (bicyclic) bond motifs is 1. The summed E-state index contributed by atoms with van der Waals surface area (Å²) in [7, 11) is 0. The van der Waals surface area contributed by atoms with Crippen LogP contribution in [0.15, 0.2) is 79.4 Å². The Hall–Kier alpha value is -4.43. The quantitative estimate of drug-likeness (QED) is 0.176. The van der Waals surface area contributed by atoms with Crippen LogP contribution >= 0.6 is 0 Å². The van der Waals surface area contributed by atoms with Crippen LogP contribution in [0.3, 0.4) is 0 Å². The molecular formula is C38H41N5O3. The maximum atomic E-state index is 13.2. The number of aromatic nitrogens is 4. The molecule has 0 radical (unpaired) electrons. The van der Waals surface area contributed by atoms with Gasteiger partial charge in [0.2, 0.25) is 0 Å². The van der Waals surface area contributed by atoms with Gasteiger partial charge in [0.1, 0.15) is 28.3 Å². The summed E-state index contributed by atoms with van der Waals surface area (Å²) < 4.78 is 14.1. The fourth-order valence-electron chi connectivity index (χ4n) is 7.26. The number of carbonyl (C=O) groups is 1. The lowest BCUT2D eigenvalue weighted by atomic mass is 9.84. The van der Waals surface area contributed by atoms with Gasteiger partial charge in [0.15, 0.2) is 0 Å². The van der Waals surface area contributed by atoms with Gasteiger partial charge in [-0.05, 0) is 113 Å². The van der Waals surface area contributed by atoms with Gasteiger partial charge < -0.3 is 14.5 Å². The summed E-state index contributed by atoms with van der Waals surface area (Å²) in [5.41, 5.74) is 5.60. The number of nitrogens with one attached hydrogen (secondary N) is 1. The number of nitrogens with zero attached hydrogens (tertiary/aromatic N) is 4. The molecular weight excluding hydrogens is 574 g/mol. The Kier molecular flexibility index (Phi) is 7.20. The summed E-state index contributed by atoms with van der Waals surface area (Å²) in [6.07, 6.45) is 15.0. The third-order valence-electron chi connectivity index (χ3n) is 9.74. The molecule has 1 N–H and O–H groups in total. The molecule has 236 valence electrons. The Bertz CT molecular complexity index is 1890. The average molecular weight is 616 g/mol. The molecule has 8 rings (SSSR count). The van der Waals surface area contributed by atoms with Gasteiger partial charge in [0.25, 0.3) is 0 Å². The van der Waals surface area contributed by atoms with Gasteiger partial charge in [-0.3, -0.25) is 9.58 Å². The Labute approximate surface area is 269 Å². The zero-order valence-electron chi connectivity index (χ0n) is 26.8. The monoisotopic (exact) mass is 615 g/mol. The van der Waals surface area contributed by atoms with Crippen LogP contribution < -0.4 is 4.74 Å². The van der Waals surface area contributed by atoms with Crippen molar-refractivity contribution in [1.82, 2.24) is 24.6 Å². The van der Waals surface area contributed by atoms with Crippen LogP contribution in [0.5, 0.6) is 11.5 Å². The van der Waals surface area contributed by atoms with Crippen molar-refractivity contribution >= 4 is 17.0 Å².